The first kappa shape index (κ1) is 19.0. The van der Waals surface area contributed by atoms with Gasteiger partial charge in [0.2, 0.25) is 5.91 Å². The van der Waals surface area contributed by atoms with E-state index < -0.39 is 0 Å². The Labute approximate surface area is 174 Å². The van der Waals surface area contributed by atoms with E-state index in [9.17, 15) is 9.18 Å². The Bertz CT molecular complexity index is 1070. The van der Waals surface area contributed by atoms with Crippen molar-refractivity contribution in [3.63, 3.8) is 0 Å². The number of hydrogen-bond acceptors (Lipinski definition) is 5. The molecule has 3 aromatic heterocycles. The monoisotopic (exact) mass is 408 g/mol. The molecule has 156 valence electrons. The number of carbonyl (C=O) groups excluding carboxylic acids is 1. The summed E-state index contributed by atoms with van der Waals surface area (Å²) in [5, 5.41) is 4.07. The molecule has 2 aliphatic heterocycles. The van der Waals surface area contributed by atoms with Gasteiger partial charge < -0.3 is 9.80 Å². The van der Waals surface area contributed by atoms with E-state index in [1.807, 2.05) is 18.0 Å². The Morgan fingerprint density at radius 3 is 2.93 bits per heavy atom. The van der Waals surface area contributed by atoms with Crippen molar-refractivity contribution in [2.24, 2.45) is 5.92 Å². The minimum Gasteiger partial charge on any atom is -0.353 e. The van der Waals surface area contributed by atoms with E-state index in [0.29, 0.717) is 17.6 Å². The lowest BCUT2D eigenvalue weighted by atomic mass is 9.96. The van der Waals surface area contributed by atoms with Crippen molar-refractivity contribution in [3.8, 4) is 0 Å². The van der Waals surface area contributed by atoms with Gasteiger partial charge in [-0.3, -0.25) is 4.79 Å². The summed E-state index contributed by atoms with van der Waals surface area (Å²) in [4.78, 5) is 25.9. The zero-order chi connectivity index (χ0) is 20.7. The van der Waals surface area contributed by atoms with E-state index in [4.69, 9.17) is 0 Å². The molecule has 7 nitrogen and oxygen atoms in total. The van der Waals surface area contributed by atoms with Crippen molar-refractivity contribution in [2.45, 2.75) is 38.6 Å². The largest absolute Gasteiger partial charge is 0.353 e. The van der Waals surface area contributed by atoms with Crippen molar-refractivity contribution < 1.29 is 9.18 Å². The molecule has 2 aliphatic rings. The van der Waals surface area contributed by atoms with E-state index in [-0.39, 0.29) is 23.7 Å². The third-order valence-electron chi connectivity index (χ3n) is 6.36. The number of fused-ring (bicyclic) bond motifs is 2. The number of anilines is 1. The van der Waals surface area contributed by atoms with Crippen LogP contribution in [0.2, 0.25) is 0 Å². The number of rotatable bonds is 5. The number of hydrogen-bond donors (Lipinski definition) is 0. The number of aryl methyl sites for hydroxylation is 2. The minimum absolute atomic E-state index is 0.0154. The van der Waals surface area contributed by atoms with Gasteiger partial charge in [0.1, 0.15) is 18.0 Å². The zero-order valence-electron chi connectivity index (χ0n) is 17.0. The Morgan fingerprint density at radius 1 is 1.20 bits per heavy atom. The van der Waals surface area contributed by atoms with Crippen LogP contribution in [-0.2, 0) is 11.2 Å². The molecule has 5 rings (SSSR count). The molecule has 0 bridgehead atoms. The first-order valence-electron chi connectivity index (χ1n) is 10.5. The molecule has 30 heavy (non-hydrogen) atoms. The molecule has 1 amide bonds. The maximum absolute atomic E-state index is 14.3. The summed E-state index contributed by atoms with van der Waals surface area (Å²) in [6, 6.07) is 5.78. The van der Waals surface area contributed by atoms with Gasteiger partial charge in [-0.05, 0) is 50.3 Å². The first-order valence-corrected chi connectivity index (χ1v) is 10.5. The lowest BCUT2D eigenvalue weighted by Crippen LogP contribution is -2.51. The fourth-order valence-electron chi connectivity index (χ4n) is 4.78. The predicted molar refractivity (Wildman–Crippen MR) is 111 cm³/mol. The summed E-state index contributed by atoms with van der Waals surface area (Å²) < 4.78 is 15.9. The molecular weight excluding hydrogens is 383 g/mol. The molecule has 2 fully saturated rings. The molecule has 0 aliphatic carbocycles. The molecule has 0 unspecified atom stereocenters. The van der Waals surface area contributed by atoms with Gasteiger partial charge in [-0.25, -0.2) is 18.9 Å². The van der Waals surface area contributed by atoms with Gasteiger partial charge >= 0.3 is 0 Å². The van der Waals surface area contributed by atoms with Gasteiger partial charge in [-0.2, -0.15) is 5.10 Å². The fraction of sp³-hybridized carbons (Fsp3) is 0.455. The number of pyridine rings is 2. The standard InChI is InChI=1S/C22H25FN6O/c1-15-5-6-20(24-12-15)27-9-10-28-17(13-27)11-16(22(28)30)3-2-4-18-19(23)7-8-29-21(18)25-14-26-29/h5-8,12,14,16-17H,2-4,9-11,13H2,1H3/t16-,17-/m0/s1. The minimum atomic E-state index is -0.257. The smallest absolute Gasteiger partial charge is 0.226 e. The van der Waals surface area contributed by atoms with Crippen molar-refractivity contribution in [2.75, 3.05) is 24.5 Å². The number of halogens is 1. The second-order valence-corrected chi connectivity index (χ2v) is 8.32. The maximum atomic E-state index is 14.3. The Kier molecular flexibility index (Phi) is 4.84. The summed E-state index contributed by atoms with van der Waals surface area (Å²) in [5.74, 6) is 0.985. The lowest BCUT2D eigenvalue weighted by molar-refractivity contribution is -0.132. The highest BCUT2D eigenvalue weighted by molar-refractivity contribution is 5.82. The van der Waals surface area contributed by atoms with Crippen LogP contribution in [0.4, 0.5) is 10.2 Å². The number of carbonyl (C=O) groups is 1. The highest BCUT2D eigenvalue weighted by atomic mass is 19.1. The third-order valence-corrected chi connectivity index (χ3v) is 6.36. The third kappa shape index (κ3) is 3.40. The molecule has 8 heteroatoms. The summed E-state index contributed by atoms with van der Waals surface area (Å²) >= 11 is 0. The average molecular weight is 408 g/mol. The van der Waals surface area contributed by atoms with Gasteiger partial charge in [0.05, 0.1) is 6.04 Å². The van der Waals surface area contributed by atoms with E-state index in [1.54, 1.807) is 10.7 Å². The normalized spacial score (nSPS) is 21.5. The first-order chi connectivity index (χ1) is 14.6. The van der Waals surface area contributed by atoms with E-state index in [0.717, 1.165) is 50.3 Å². The molecular formula is C22H25FN6O. The van der Waals surface area contributed by atoms with Gasteiger partial charge in [0.25, 0.3) is 0 Å². The van der Waals surface area contributed by atoms with E-state index in [2.05, 4.69) is 32.1 Å². The fourth-order valence-corrected chi connectivity index (χ4v) is 4.78. The van der Waals surface area contributed by atoms with Crippen LogP contribution in [0.15, 0.2) is 36.9 Å². The van der Waals surface area contributed by atoms with Crippen molar-refractivity contribution in [1.82, 2.24) is 24.5 Å². The molecule has 0 N–H and O–H groups in total. The number of aromatic nitrogens is 4. The predicted octanol–water partition coefficient (Wildman–Crippen LogP) is 2.63. The van der Waals surface area contributed by atoms with E-state index >= 15 is 0 Å². The zero-order valence-corrected chi connectivity index (χ0v) is 17.0. The number of amides is 1. The summed E-state index contributed by atoms with van der Waals surface area (Å²) in [6.07, 6.45) is 7.84. The number of piperazine rings is 1. The molecule has 0 saturated carbocycles. The van der Waals surface area contributed by atoms with Crippen LogP contribution in [0, 0.1) is 18.7 Å². The van der Waals surface area contributed by atoms with Gasteiger partial charge in [0, 0.05) is 43.5 Å². The molecule has 2 atom stereocenters. The molecule has 0 spiro atoms. The average Bonchev–Trinajstić information content (AvgIpc) is 3.35. The van der Waals surface area contributed by atoms with Gasteiger partial charge in [0.15, 0.2) is 5.65 Å². The van der Waals surface area contributed by atoms with Crippen LogP contribution in [0.25, 0.3) is 5.65 Å². The quantitative estimate of drug-likeness (QED) is 0.649. The Morgan fingerprint density at radius 2 is 2.10 bits per heavy atom. The van der Waals surface area contributed by atoms with Gasteiger partial charge in [-0.1, -0.05) is 6.07 Å². The summed E-state index contributed by atoms with van der Waals surface area (Å²) in [6.45, 7) is 4.41. The van der Waals surface area contributed by atoms with Crippen LogP contribution in [0.3, 0.4) is 0 Å². The summed E-state index contributed by atoms with van der Waals surface area (Å²) in [7, 11) is 0. The van der Waals surface area contributed by atoms with Crippen LogP contribution < -0.4 is 4.90 Å². The summed E-state index contributed by atoms with van der Waals surface area (Å²) in [5.41, 5.74) is 2.29. The highest BCUT2D eigenvalue weighted by Gasteiger charge is 2.42. The van der Waals surface area contributed by atoms with Crippen molar-refractivity contribution >= 4 is 17.4 Å². The van der Waals surface area contributed by atoms with Crippen LogP contribution >= 0.6 is 0 Å². The molecule has 5 heterocycles. The molecule has 0 aromatic carbocycles. The maximum Gasteiger partial charge on any atom is 0.226 e. The Hall–Kier alpha value is -3.03. The van der Waals surface area contributed by atoms with Gasteiger partial charge in [-0.15, -0.1) is 0 Å². The van der Waals surface area contributed by atoms with Crippen LogP contribution in [0.5, 0.6) is 0 Å². The second kappa shape index (κ2) is 7.66. The molecule has 2 saturated heterocycles. The SMILES string of the molecule is Cc1ccc(N2CCN3C(=O)[C@@H](CCCc4c(F)ccn5ncnc45)C[C@H]3C2)nc1. The lowest BCUT2D eigenvalue weighted by Gasteiger charge is -2.38. The van der Waals surface area contributed by atoms with Crippen LogP contribution in [0.1, 0.15) is 30.4 Å². The second-order valence-electron chi connectivity index (χ2n) is 8.32. The number of nitrogens with zero attached hydrogens (tertiary/aromatic N) is 6. The molecule has 0 radical (unpaired) electrons. The highest BCUT2D eigenvalue weighted by Crippen LogP contribution is 2.32. The van der Waals surface area contributed by atoms with E-state index in [1.165, 1.54) is 12.4 Å². The van der Waals surface area contributed by atoms with Crippen LogP contribution in [-0.4, -0.2) is 56.1 Å². The van der Waals surface area contributed by atoms with Crippen molar-refractivity contribution in [1.29, 1.82) is 0 Å². The Balaban J connectivity index is 1.21. The van der Waals surface area contributed by atoms with Crippen molar-refractivity contribution in [3.05, 3.63) is 53.9 Å². The topological polar surface area (TPSA) is 66.6 Å². The molecule has 3 aromatic rings.